The van der Waals surface area contributed by atoms with E-state index in [4.69, 9.17) is 26.7 Å². The number of ether oxygens (including phenoxy) is 1. The fraction of sp³-hybridized carbons (Fsp3) is 0.524. The quantitative estimate of drug-likeness (QED) is 0.773. The maximum absolute atomic E-state index is 9.12. The summed E-state index contributed by atoms with van der Waals surface area (Å²) in [4.78, 5) is 0. The van der Waals surface area contributed by atoms with Gasteiger partial charge >= 0.3 is 0 Å². The van der Waals surface area contributed by atoms with Gasteiger partial charge in [0.15, 0.2) is 0 Å². The van der Waals surface area contributed by atoms with Gasteiger partial charge in [-0.3, -0.25) is 4.68 Å². The molecule has 0 spiro atoms. The molecule has 1 fully saturated rings. The Kier molecular flexibility index (Phi) is 14.8. The van der Waals surface area contributed by atoms with Crippen molar-refractivity contribution in [1.29, 1.82) is 5.26 Å². The van der Waals surface area contributed by atoms with Gasteiger partial charge in [-0.25, -0.2) is 0 Å². The molecule has 0 aliphatic carbocycles. The van der Waals surface area contributed by atoms with Crippen LogP contribution in [0.5, 0.6) is 5.88 Å². The van der Waals surface area contributed by atoms with Gasteiger partial charge in [0.2, 0.25) is 5.88 Å². The van der Waals surface area contributed by atoms with E-state index in [-0.39, 0.29) is 0 Å². The fourth-order valence-corrected chi connectivity index (χ4v) is 2.77. The third-order valence-corrected chi connectivity index (χ3v) is 4.07. The van der Waals surface area contributed by atoms with Crippen molar-refractivity contribution in [2.75, 3.05) is 20.2 Å². The number of benzene rings is 1. The number of nitrogens with zero attached hydrogens (tertiary/aromatic N) is 3. The first kappa shape index (κ1) is 25.9. The zero-order valence-corrected chi connectivity index (χ0v) is 18.3. The Morgan fingerprint density at radius 1 is 1.21 bits per heavy atom. The summed E-state index contributed by atoms with van der Waals surface area (Å²) in [5, 5.41) is 24.5. The minimum atomic E-state index is 0.309. The molecule has 1 saturated heterocycles. The second kappa shape index (κ2) is 15.9. The zero-order chi connectivity index (χ0) is 21.4. The van der Waals surface area contributed by atoms with Crippen molar-refractivity contribution < 1.29 is 9.84 Å². The lowest BCUT2D eigenvalue weighted by atomic mass is 10.1. The Morgan fingerprint density at radius 2 is 1.86 bits per heavy atom. The highest BCUT2D eigenvalue weighted by Crippen LogP contribution is 2.21. The van der Waals surface area contributed by atoms with Crippen molar-refractivity contribution in [3.05, 3.63) is 46.6 Å². The van der Waals surface area contributed by atoms with Crippen LogP contribution in [-0.2, 0) is 6.61 Å². The van der Waals surface area contributed by atoms with Crippen molar-refractivity contribution >= 4 is 11.6 Å². The van der Waals surface area contributed by atoms with Gasteiger partial charge in [-0.2, -0.15) is 5.26 Å². The van der Waals surface area contributed by atoms with Gasteiger partial charge in [0.05, 0.1) is 17.7 Å². The molecule has 0 bridgehead atoms. The Balaban J connectivity index is 0.00000111. The number of hydrogen-bond acceptors (Lipinski definition) is 5. The van der Waals surface area contributed by atoms with Gasteiger partial charge in [-0.05, 0) is 38.1 Å². The lowest BCUT2D eigenvalue weighted by Gasteiger charge is -2.22. The lowest BCUT2D eigenvalue weighted by Crippen LogP contribution is -2.29. The highest BCUT2D eigenvalue weighted by molar-refractivity contribution is 6.30. The predicted octanol–water partition coefficient (Wildman–Crippen LogP) is 4.57. The summed E-state index contributed by atoms with van der Waals surface area (Å²) in [5.41, 5.74) is 1.34. The second-order valence-electron chi connectivity index (χ2n) is 5.32. The topological polar surface area (TPSA) is 83.1 Å². The van der Waals surface area contributed by atoms with Crippen molar-refractivity contribution in [3.8, 4) is 11.9 Å². The van der Waals surface area contributed by atoms with Gasteiger partial charge in [-0.15, -0.1) is 5.10 Å². The van der Waals surface area contributed by atoms with Crippen molar-refractivity contribution in [2.45, 2.75) is 53.2 Å². The molecule has 3 rings (SSSR count). The molecule has 1 aromatic carbocycles. The number of halogens is 1. The Bertz CT molecular complexity index is 692. The number of piperidine rings is 1. The predicted molar refractivity (Wildman–Crippen MR) is 115 cm³/mol. The van der Waals surface area contributed by atoms with Crippen LogP contribution < -0.4 is 10.1 Å². The molecular formula is C21H33ClN4O2. The summed E-state index contributed by atoms with van der Waals surface area (Å²) in [6.45, 7) is 10.4. The number of nitriles is 1. The summed E-state index contributed by atoms with van der Waals surface area (Å²) >= 11 is 5.89. The number of hydrogen-bond donors (Lipinski definition) is 2. The molecule has 2 N–H and O–H groups in total. The fourth-order valence-electron chi connectivity index (χ4n) is 2.60. The normalized spacial score (nSPS) is 12.8. The molecule has 28 heavy (non-hydrogen) atoms. The van der Waals surface area contributed by atoms with E-state index in [0.29, 0.717) is 29.1 Å². The van der Waals surface area contributed by atoms with E-state index < -0.39 is 0 Å². The SMILES string of the molecule is CC.CC.CO.N#Cc1cc(Cl)ccc1COc1ccn(C2CCNCC2)n1. The van der Waals surface area contributed by atoms with Crippen LogP contribution in [0.4, 0.5) is 0 Å². The number of aliphatic hydroxyl groups excluding tert-OH is 1. The van der Waals surface area contributed by atoms with E-state index in [1.54, 1.807) is 12.1 Å². The van der Waals surface area contributed by atoms with Crippen LogP contribution in [0.25, 0.3) is 0 Å². The van der Waals surface area contributed by atoms with Crippen molar-refractivity contribution in [1.82, 2.24) is 15.1 Å². The van der Waals surface area contributed by atoms with Gasteiger partial charge < -0.3 is 15.2 Å². The lowest BCUT2D eigenvalue weighted by molar-refractivity contribution is 0.278. The summed E-state index contributed by atoms with van der Waals surface area (Å²) in [6.07, 6.45) is 4.12. The highest BCUT2D eigenvalue weighted by atomic mass is 35.5. The summed E-state index contributed by atoms with van der Waals surface area (Å²) in [6, 6.07) is 9.65. The molecule has 0 saturated carbocycles. The number of aliphatic hydroxyl groups is 1. The highest BCUT2D eigenvalue weighted by Gasteiger charge is 2.16. The average Bonchev–Trinajstić information content (AvgIpc) is 3.27. The summed E-state index contributed by atoms with van der Waals surface area (Å²) in [7, 11) is 1.00. The Hall–Kier alpha value is -2.07. The maximum Gasteiger partial charge on any atom is 0.233 e. The Morgan fingerprint density at radius 3 is 2.46 bits per heavy atom. The molecule has 7 heteroatoms. The first-order valence-corrected chi connectivity index (χ1v) is 10.2. The third-order valence-electron chi connectivity index (χ3n) is 3.83. The molecule has 1 aliphatic heterocycles. The van der Waals surface area contributed by atoms with Crippen LogP contribution in [0, 0.1) is 11.3 Å². The van der Waals surface area contributed by atoms with Crippen LogP contribution in [0.15, 0.2) is 30.5 Å². The smallest absolute Gasteiger partial charge is 0.233 e. The van der Waals surface area contributed by atoms with Crippen LogP contribution >= 0.6 is 11.6 Å². The Labute approximate surface area is 174 Å². The second-order valence-corrected chi connectivity index (χ2v) is 5.75. The molecule has 156 valence electrons. The molecule has 0 atom stereocenters. The molecule has 2 heterocycles. The molecule has 1 aromatic heterocycles. The van der Waals surface area contributed by atoms with Crippen molar-refractivity contribution in [3.63, 3.8) is 0 Å². The van der Waals surface area contributed by atoms with Crippen LogP contribution in [0.3, 0.4) is 0 Å². The molecule has 2 aromatic rings. The first-order chi connectivity index (χ1) is 13.8. The van der Waals surface area contributed by atoms with Crippen LogP contribution in [0.2, 0.25) is 5.02 Å². The molecule has 0 radical (unpaired) electrons. The average molecular weight is 409 g/mol. The number of nitrogens with one attached hydrogen (secondary N) is 1. The summed E-state index contributed by atoms with van der Waals surface area (Å²) < 4.78 is 7.68. The third kappa shape index (κ3) is 8.30. The van der Waals surface area contributed by atoms with E-state index in [0.717, 1.165) is 38.6 Å². The first-order valence-electron chi connectivity index (χ1n) is 9.78. The van der Waals surface area contributed by atoms with E-state index in [9.17, 15) is 0 Å². The minimum absolute atomic E-state index is 0.309. The van der Waals surface area contributed by atoms with Gasteiger partial charge in [0.25, 0.3) is 0 Å². The molecule has 6 nitrogen and oxygen atoms in total. The monoisotopic (exact) mass is 408 g/mol. The van der Waals surface area contributed by atoms with Gasteiger partial charge in [-0.1, -0.05) is 45.4 Å². The van der Waals surface area contributed by atoms with Gasteiger partial charge in [0.1, 0.15) is 6.61 Å². The van der Waals surface area contributed by atoms with E-state index in [2.05, 4.69) is 16.5 Å². The van der Waals surface area contributed by atoms with E-state index in [1.807, 2.05) is 50.7 Å². The van der Waals surface area contributed by atoms with E-state index in [1.165, 1.54) is 0 Å². The summed E-state index contributed by atoms with van der Waals surface area (Å²) in [5.74, 6) is 0.581. The molecular weight excluding hydrogens is 376 g/mol. The molecule has 0 unspecified atom stereocenters. The van der Waals surface area contributed by atoms with Crippen LogP contribution in [-0.4, -0.2) is 35.1 Å². The number of aromatic nitrogens is 2. The van der Waals surface area contributed by atoms with E-state index >= 15 is 0 Å². The minimum Gasteiger partial charge on any atom is -0.472 e. The molecule has 1 aliphatic rings. The standard InChI is InChI=1S/C16H17ClN4O.2C2H6.CH4O/c17-14-2-1-12(13(9-14)10-18)11-22-16-5-8-21(20-16)15-3-6-19-7-4-15;3*1-2/h1-2,5,8-9,15,19H,3-4,6-7,11H2;2*1-2H3;2H,1H3. The molecule has 0 amide bonds. The number of rotatable bonds is 4. The zero-order valence-electron chi connectivity index (χ0n) is 17.6. The maximum atomic E-state index is 9.12. The largest absolute Gasteiger partial charge is 0.472 e. The van der Waals surface area contributed by atoms with Crippen LogP contribution in [0.1, 0.15) is 57.7 Å². The van der Waals surface area contributed by atoms with Crippen molar-refractivity contribution in [2.24, 2.45) is 0 Å². The van der Waals surface area contributed by atoms with Gasteiger partial charge in [0, 0.05) is 30.0 Å².